The highest BCUT2D eigenvalue weighted by atomic mass is 16.5. The summed E-state index contributed by atoms with van der Waals surface area (Å²) in [4.78, 5) is 4.28. The van der Waals surface area contributed by atoms with Crippen molar-refractivity contribution in [1.82, 2.24) is 10.3 Å². The minimum absolute atomic E-state index is 0.479. The van der Waals surface area contributed by atoms with E-state index in [0.717, 1.165) is 31.8 Å². The van der Waals surface area contributed by atoms with Gasteiger partial charge < -0.3 is 10.1 Å². The Labute approximate surface area is 104 Å². The lowest BCUT2D eigenvalue weighted by Crippen LogP contribution is -2.25. The Morgan fingerprint density at radius 3 is 3.06 bits per heavy atom. The molecule has 1 aromatic rings. The Bertz CT molecular complexity index is 317. The fraction of sp³-hybridized carbons (Fsp3) is 0.643. The van der Waals surface area contributed by atoms with Crippen molar-refractivity contribution in [2.75, 3.05) is 13.2 Å². The predicted molar refractivity (Wildman–Crippen MR) is 68.9 cm³/mol. The van der Waals surface area contributed by atoms with Gasteiger partial charge in [-0.15, -0.1) is 0 Å². The maximum Gasteiger partial charge on any atom is 0.0587 e. The Balaban J connectivity index is 1.60. The number of ether oxygens (including phenoxy) is 1. The number of nitrogens with zero attached hydrogens (tertiary/aromatic N) is 1. The van der Waals surface area contributed by atoms with Crippen molar-refractivity contribution in [3.05, 3.63) is 29.6 Å². The predicted octanol–water partition coefficient (Wildman–Crippen LogP) is 2.44. The van der Waals surface area contributed by atoms with Crippen LogP contribution in [0.3, 0.4) is 0 Å². The maximum absolute atomic E-state index is 5.69. The van der Waals surface area contributed by atoms with E-state index in [2.05, 4.69) is 22.4 Å². The van der Waals surface area contributed by atoms with Gasteiger partial charge in [-0.1, -0.05) is 6.07 Å². The average molecular weight is 234 g/mol. The van der Waals surface area contributed by atoms with Gasteiger partial charge in [-0.2, -0.15) is 0 Å². The molecule has 1 atom stereocenters. The number of nitrogens with one attached hydrogen (secondary N) is 1. The van der Waals surface area contributed by atoms with Gasteiger partial charge in [-0.25, -0.2) is 0 Å². The third kappa shape index (κ3) is 4.44. The summed E-state index contributed by atoms with van der Waals surface area (Å²) >= 11 is 0. The highest BCUT2D eigenvalue weighted by molar-refractivity contribution is 5.12. The summed E-state index contributed by atoms with van der Waals surface area (Å²) in [6, 6.07) is 4.19. The van der Waals surface area contributed by atoms with Crippen molar-refractivity contribution in [1.29, 1.82) is 0 Å². The van der Waals surface area contributed by atoms with Crippen LogP contribution in [0, 0.1) is 6.92 Å². The number of rotatable bonds is 5. The van der Waals surface area contributed by atoms with E-state index < -0.39 is 0 Å². The molecule has 2 heterocycles. The average Bonchev–Trinajstić information content (AvgIpc) is 2.38. The zero-order valence-corrected chi connectivity index (χ0v) is 10.6. The van der Waals surface area contributed by atoms with Gasteiger partial charge in [-0.05, 0) is 50.8 Å². The molecule has 1 unspecified atom stereocenters. The van der Waals surface area contributed by atoms with Gasteiger partial charge in [0, 0.05) is 25.0 Å². The molecule has 2 rings (SSSR count). The molecule has 0 spiro atoms. The standard InChI is InChI=1S/C14H22N2O/c1-12-5-6-13(11-16-12)10-15-8-7-14-4-2-3-9-17-14/h5-6,11,14-15H,2-4,7-10H2,1H3. The van der Waals surface area contributed by atoms with Gasteiger partial charge in [0.25, 0.3) is 0 Å². The zero-order chi connectivity index (χ0) is 11.9. The lowest BCUT2D eigenvalue weighted by Gasteiger charge is -2.22. The van der Waals surface area contributed by atoms with Crippen molar-refractivity contribution in [2.45, 2.75) is 45.3 Å². The van der Waals surface area contributed by atoms with E-state index >= 15 is 0 Å². The van der Waals surface area contributed by atoms with E-state index in [1.54, 1.807) is 0 Å². The van der Waals surface area contributed by atoms with Crippen molar-refractivity contribution in [3.8, 4) is 0 Å². The molecule has 1 aliphatic rings. The first-order chi connectivity index (χ1) is 8.34. The van der Waals surface area contributed by atoms with Crippen LogP contribution in [0.5, 0.6) is 0 Å². The molecule has 0 radical (unpaired) electrons. The van der Waals surface area contributed by atoms with Gasteiger partial charge in [0.2, 0.25) is 0 Å². The molecule has 94 valence electrons. The molecule has 1 saturated heterocycles. The molecule has 17 heavy (non-hydrogen) atoms. The van der Waals surface area contributed by atoms with Crippen LogP contribution in [0.1, 0.15) is 36.9 Å². The van der Waals surface area contributed by atoms with Crippen LogP contribution in [0.15, 0.2) is 18.3 Å². The van der Waals surface area contributed by atoms with E-state index in [0.29, 0.717) is 6.10 Å². The number of aromatic nitrogens is 1. The maximum atomic E-state index is 5.69. The minimum atomic E-state index is 0.479. The molecule has 0 bridgehead atoms. The lowest BCUT2D eigenvalue weighted by atomic mass is 10.1. The van der Waals surface area contributed by atoms with Gasteiger partial charge in [0.1, 0.15) is 0 Å². The smallest absolute Gasteiger partial charge is 0.0587 e. The quantitative estimate of drug-likeness (QED) is 0.795. The van der Waals surface area contributed by atoms with Crippen molar-refractivity contribution < 1.29 is 4.74 Å². The van der Waals surface area contributed by atoms with E-state index in [4.69, 9.17) is 4.74 Å². The molecule has 1 fully saturated rings. The van der Waals surface area contributed by atoms with Crippen LogP contribution in [-0.2, 0) is 11.3 Å². The fourth-order valence-electron chi connectivity index (χ4n) is 2.13. The van der Waals surface area contributed by atoms with E-state index in [1.807, 2.05) is 13.1 Å². The Hall–Kier alpha value is -0.930. The molecule has 0 saturated carbocycles. The van der Waals surface area contributed by atoms with Crippen LogP contribution in [0.25, 0.3) is 0 Å². The normalized spacial score (nSPS) is 20.4. The first kappa shape index (κ1) is 12.5. The second-order valence-electron chi connectivity index (χ2n) is 4.76. The van der Waals surface area contributed by atoms with Crippen molar-refractivity contribution in [2.24, 2.45) is 0 Å². The zero-order valence-electron chi connectivity index (χ0n) is 10.6. The number of hydrogen-bond acceptors (Lipinski definition) is 3. The summed E-state index contributed by atoms with van der Waals surface area (Å²) in [5.74, 6) is 0. The molecule has 0 aliphatic carbocycles. The third-order valence-electron chi connectivity index (χ3n) is 3.22. The molecule has 1 aromatic heterocycles. The molecule has 0 aromatic carbocycles. The second-order valence-corrected chi connectivity index (χ2v) is 4.76. The van der Waals surface area contributed by atoms with Crippen LogP contribution in [-0.4, -0.2) is 24.2 Å². The monoisotopic (exact) mass is 234 g/mol. The fourth-order valence-corrected chi connectivity index (χ4v) is 2.13. The van der Waals surface area contributed by atoms with Gasteiger partial charge in [-0.3, -0.25) is 4.98 Å². The highest BCUT2D eigenvalue weighted by Gasteiger charge is 2.12. The third-order valence-corrected chi connectivity index (χ3v) is 3.22. The Morgan fingerprint density at radius 2 is 2.35 bits per heavy atom. The number of aryl methyl sites for hydroxylation is 1. The molecular formula is C14H22N2O. The summed E-state index contributed by atoms with van der Waals surface area (Å²) in [6.45, 7) is 4.89. The molecule has 1 aliphatic heterocycles. The van der Waals surface area contributed by atoms with Gasteiger partial charge >= 0.3 is 0 Å². The van der Waals surface area contributed by atoms with Gasteiger partial charge in [0.05, 0.1) is 6.10 Å². The summed E-state index contributed by atoms with van der Waals surface area (Å²) < 4.78 is 5.69. The van der Waals surface area contributed by atoms with Crippen molar-refractivity contribution in [3.63, 3.8) is 0 Å². The second kappa shape index (κ2) is 6.72. The largest absolute Gasteiger partial charge is 0.378 e. The van der Waals surface area contributed by atoms with Crippen LogP contribution in [0.2, 0.25) is 0 Å². The van der Waals surface area contributed by atoms with E-state index in [-0.39, 0.29) is 0 Å². The van der Waals surface area contributed by atoms with E-state index in [1.165, 1.54) is 24.8 Å². The number of pyridine rings is 1. The molecule has 3 nitrogen and oxygen atoms in total. The summed E-state index contributed by atoms with van der Waals surface area (Å²) in [7, 11) is 0. The highest BCUT2D eigenvalue weighted by Crippen LogP contribution is 2.14. The topological polar surface area (TPSA) is 34.1 Å². The first-order valence-corrected chi connectivity index (χ1v) is 6.58. The van der Waals surface area contributed by atoms with Crippen molar-refractivity contribution >= 4 is 0 Å². The lowest BCUT2D eigenvalue weighted by molar-refractivity contribution is 0.0115. The van der Waals surface area contributed by atoms with Gasteiger partial charge in [0.15, 0.2) is 0 Å². The molecule has 3 heteroatoms. The molecule has 0 amide bonds. The Kier molecular flexibility index (Phi) is 4.95. The van der Waals surface area contributed by atoms with Crippen LogP contribution >= 0.6 is 0 Å². The summed E-state index contributed by atoms with van der Waals surface area (Å²) in [5, 5.41) is 3.45. The number of hydrogen-bond donors (Lipinski definition) is 1. The molecular weight excluding hydrogens is 212 g/mol. The first-order valence-electron chi connectivity index (χ1n) is 6.58. The molecule has 1 N–H and O–H groups in total. The summed E-state index contributed by atoms with van der Waals surface area (Å²) in [5.41, 5.74) is 2.32. The SMILES string of the molecule is Cc1ccc(CNCCC2CCCCO2)cn1. The van der Waals surface area contributed by atoms with E-state index in [9.17, 15) is 0 Å². The minimum Gasteiger partial charge on any atom is -0.378 e. The Morgan fingerprint density at radius 1 is 1.41 bits per heavy atom. The summed E-state index contributed by atoms with van der Waals surface area (Å²) in [6.07, 6.45) is 7.34. The van der Waals surface area contributed by atoms with Crippen LogP contribution in [0.4, 0.5) is 0 Å². The van der Waals surface area contributed by atoms with Crippen LogP contribution < -0.4 is 5.32 Å².